The summed E-state index contributed by atoms with van der Waals surface area (Å²) in [7, 11) is 0. The van der Waals surface area contributed by atoms with Gasteiger partial charge in [-0.25, -0.2) is 4.52 Å². The fourth-order valence-corrected chi connectivity index (χ4v) is 4.59. The van der Waals surface area contributed by atoms with Crippen LogP contribution in [0.5, 0.6) is 0 Å². The van der Waals surface area contributed by atoms with Crippen LogP contribution in [0.1, 0.15) is 69.3 Å². The number of hydrogen-bond donors (Lipinski definition) is 1. The van der Waals surface area contributed by atoms with Crippen LogP contribution in [0.25, 0.3) is 11.1 Å². The summed E-state index contributed by atoms with van der Waals surface area (Å²) in [5.41, 5.74) is 11.4. The van der Waals surface area contributed by atoms with Crippen LogP contribution in [0.3, 0.4) is 0 Å². The monoisotopic (exact) mass is 390 g/mol. The van der Waals surface area contributed by atoms with Crippen LogP contribution in [0.15, 0.2) is 41.2 Å². The molecule has 0 saturated heterocycles. The molecule has 4 rings (SSSR count). The predicted octanol–water partition coefficient (Wildman–Crippen LogP) is 5.33. The zero-order chi connectivity index (χ0) is 20.8. The Labute approximate surface area is 172 Å². The van der Waals surface area contributed by atoms with Crippen LogP contribution in [-0.2, 0) is 0 Å². The molecule has 2 aliphatic carbocycles. The molecule has 2 atom stereocenters. The second kappa shape index (κ2) is 7.29. The lowest BCUT2D eigenvalue weighted by Gasteiger charge is -2.28. The number of amides is 1. The van der Waals surface area contributed by atoms with Crippen molar-refractivity contribution in [2.45, 2.75) is 53.4 Å². The Balaban J connectivity index is 1.79. The molecule has 1 amide bonds. The molecule has 0 bridgehead atoms. The molecule has 2 aromatic heterocycles. The topological polar surface area (TPSA) is 72.8 Å². The van der Waals surface area contributed by atoms with Crippen molar-refractivity contribution in [2.75, 3.05) is 0 Å². The summed E-state index contributed by atoms with van der Waals surface area (Å²) >= 11 is 0. The normalized spacial score (nSPS) is 24.1. The minimum Gasteiger partial charge on any atom is -0.365 e. The molecular weight excluding hydrogens is 360 g/mol. The van der Waals surface area contributed by atoms with Gasteiger partial charge in [0.15, 0.2) is 0 Å². The fraction of sp³-hybridized carbons (Fsp3) is 0.458. The van der Waals surface area contributed by atoms with Crippen molar-refractivity contribution in [3.05, 3.63) is 47.3 Å². The summed E-state index contributed by atoms with van der Waals surface area (Å²) in [6.07, 6.45) is 14.4. The number of nitrogens with two attached hydrogens (primary N) is 1. The predicted molar refractivity (Wildman–Crippen MR) is 118 cm³/mol. The molecule has 0 aliphatic heterocycles. The smallest absolute Gasteiger partial charge is 0.252 e. The van der Waals surface area contributed by atoms with Crippen LogP contribution in [0.4, 0.5) is 5.69 Å². The van der Waals surface area contributed by atoms with Crippen LogP contribution >= 0.6 is 0 Å². The first-order chi connectivity index (χ1) is 13.8. The molecule has 0 spiro atoms. The van der Waals surface area contributed by atoms with E-state index in [0.717, 1.165) is 30.3 Å². The van der Waals surface area contributed by atoms with Crippen molar-refractivity contribution >= 4 is 28.9 Å². The number of primary amides is 1. The molecule has 2 heterocycles. The number of carbonyl (C=O) groups is 1. The van der Waals surface area contributed by atoms with E-state index in [1.807, 2.05) is 16.9 Å². The van der Waals surface area contributed by atoms with Gasteiger partial charge in [-0.1, -0.05) is 38.5 Å². The molecule has 2 N–H and O–H groups in total. The minimum atomic E-state index is -0.496. The molecule has 2 unspecified atom stereocenters. The third-order valence-electron chi connectivity index (χ3n) is 7.05. The van der Waals surface area contributed by atoms with Gasteiger partial charge >= 0.3 is 0 Å². The Bertz CT molecular complexity index is 1050. The molecule has 29 heavy (non-hydrogen) atoms. The molecule has 5 heteroatoms. The van der Waals surface area contributed by atoms with Gasteiger partial charge in [-0.2, -0.15) is 5.10 Å². The maximum atomic E-state index is 12.1. The van der Waals surface area contributed by atoms with Gasteiger partial charge in [-0.15, -0.1) is 0 Å². The highest BCUT2D eigenvalue weighted by Gasteiger charge is 2.39. The van der Waals surface area contributed by atoms with Gasteiger partial charge in [0.1, 0.15) is 5.69 Å². The van der Waals surface area contributed by atoms with E-state index in [9.17, 15) is 4.79 Å². The van der Waals surface area contributed by atoms with Crippen LogP contribution in [0, 0.1) is 17.3 Å². The average molecular weight is 391 g/mol. The maximum Gasteiger partial charge on any atom is 0.252 e. The maximum absolute atomic E-state index is 12.1. The molecule has 1 fully saturated rings. The van der Waals surface area contributed by atoms with Crippen molar-refractivity contribution in [3.8, 4) is 0 Å². The highest BCUT2D eigenvalue weighted by molar-refractivity contribution is 6.02. The zero-order valence-corrected chi connectivity index (χ0v) is 17.8. The summed E-state index contributed by atoms with van der Waals surface area (Å²) in [5, 5.41) is 4.42. The largest absolute Gasteiger partial charge is 0.365 e. The Morgan fingerprint density at radius 1 is 1.38 bits per heavy atom. The van der Waals surface area contributed by atoms with Gasteiger partial charge in [0.25, 0.3) is 5.91 Å². The van der Waals surface area contributed by atoms with E-state index >= 15 is 0 Å². The Morgan fingerprint density at radius 2 is 2.17 bits per heavy atom. The zero-order valence-electron chi connectivity index (χ0n) is 17.8. The van der Waals surface area contributed by atoms with Gasteiger partial charge in [0, 0.05) is 12.4 Å². The van der Waals surface area contributed by atoms with Crippen LogP contribution < -0.4 is 5.73 Å². The van der Waals surface area contributed by atoms with Crippen molar-refractivity contribution in [2.24, 2.45) is 28.0 Å². The van der Waals surface area contributed by atoms with E-state index in [1.165, 1.54) is 23.8 Å². The van der Waals surface area contributed by atoms with Gasteiger partial charge in [-0.3, -0.25) is 9.79 Å². The quantitative estimate of drug-likeness (QED) is 0.717. The lowest BCUT2D eigenvalue weighted by molar-refractivity contribution is 0.100. The van der Waals surface area contributed by atoms with E-state index in [2.05, 4.69) is 51.0 Å². The second-order valence-electron chi connectivity index (χ2n) is 9.17. The third-order valence-corrected chi connectivity index (χ3v) is 7.05. The Morgan fingerprint density at radius 3 is 2.83 bits per heavy atom. The van der Waals surface area contributed by atoms with Crippen molar-refractivity contribution in [1.29, 1.82) is 0 Å². The lowest BCUT2D eigenvalue weighted by atomic mass is 9.77. The van der Waals surface area contributed by atoms with E-state index in [0.29, 0.717) is 23.1 Å². The second-order valence-corrected chi connectivity index (χ2v) is 9.17. The highest BCUT2D eigenvalue weighted by Crippen LogP contribution is 2.46. The van der Waals surface area contributed by atoms with Crippen LogP contribution in [-0.4, -0.2) is 21.7 Å². The molecule has 2 aromatic rings. The molecule has 2 aliphatic rings. The number of aliphatic imine (C=N–C) groups is 1. The van der Waals surface area contributed by atoms with Crippen molar-refractivity contribution in [3.63, 3.8) is 0 Å². The van der Waals surface area contributed by atoms with Gasteiger partial charge in [0.2, 0.25) is 0 Å². The SMILES string of the molecule is CC1=CCCC(c2cc3c(N=CC4CCC(C)C4(C)C)c(C(N)=O)cnn3c2)=C1. The molecule has 1 saturated carbocycles. The van der Waals surface area contributed by atoms with E-state index in [-0.39, 0.29) is 5.41 Å². The van der Waals surface area contributed by atoms with Gasteiger partial charge in [-0.05, 0) is 67.1 Å². The number of fused-ring (bicyclic) bond motifs is 1. The number of allylic oxidation sites excluding steroid dienone is 4. The molecule has 5 nitrogen and oxygen atoms in total. The van der Waals surface area contributed by atoms with Crippen LogP contribution in [0.2, 0.25) is 0 Å². The fourth-order valence-electron chi connectivity index (χ4n) is 4.59. The summed E-state index contributed by atoms with van der Waals surface area (Å²) in [5.74, 6) is 0.542. The summed E-state index contributed by atoms with van der Waals surface area (Å²) in [6.45, 7) is 9.04. The first kappa shape index (κ1) is 19.6. The summed E-state index contributed by atoms with van der Waals surface area (Å²) in [4.78, 5) is 16.9. The highest BCUT2D eigenvalue weighted by atomic mass is 16.1. The third kappa shape index (κ3) is 3.54. The van der Waals surface area contributed by atoms with Crippen molar-refractivity contribution in [1.82, 2.24) is 9.61 Å². The van der Waals surface area contributed by atoms with Gasteiger partial charge < -0.3 is 5.73 Å². The van der Waals surface area contributed by atoms with Gasteiger partial charge in [0.05, 0.1) is 17.3 Å². The lowest BCUT2D eigenvalue weighted by Crippen LogP contribution is -2.24. The Kier molecular flexibility index (Phi) is 4.93. The first-order valence-electron chi connectivity index (χ1n) is 10.5. The number of carbonyl (C=O) groups excluding carboxylic acids is 1. The molecule has 0 aromatic carbocycles. The van der Waals surface area contributed by atoms with E-state index < -0.39 is 5.91 Å². The van der Waals surface area contributed by atoms with E-state index in [4.69, 9.17) is 10.7 Å². The molecule has 152 valence electrons. The number of rotatable bonds is 4. The summed E-state index contributed by atoms with van der Waals surface area (Å²) in [6, 6.07) is 2.08. The molecule has 0 radical (unpaired) electrons. The minimum absolute atomic E-state index is 0.198. The number of hydrogen-bond acceptors (Lipinski definition) is 3. The van der Waals surface area contributed by atoms with Crippen molar-refractivity contribution < 1.29 is 4.79 Å². The first-order valence-corrected chi connectivity index (χ1v) is 10.5. The standard InChI is InChI=1S/C24H30N4O/c1-15-6-5-7-17(10-15)18-11-21-22(20(23(25)29)13-27-28(21)14-18)26-12-19-9-8-16(2)24(19,3)4/h6,10-14,16,19H,5,7-9H2,1-4H3,(H2,25,29). The summed E-state index contributed by atoms with van der Waals surface area (Å²) < 4.78 is 1.81. The Hall–Kier alpha value is -2.69. The number of nitrogens with zero attached hydrogens (tertiary/aromatic N) is 3. The number of aromatic nitrogens is 2. The molecular formula is C24H30N4O. The van der Waals surface area contributed by atoms with E-state index in [1.54, 1.807) is 0 Å². The average Bonchev–Trinajstić information content (AvgIpc) is 3.21.